The number of hydrogen-bond acceptors (Lipinski definition) is 4. The van der Waals surface area contributed by atoms with E-state index < -0.39 is 0 Å². The fourth-order valence-corrected chi connectivity index (χ4v) is 2.03. The lowest BCUT2D eigenvalue weighted by Gasteiger charge is -2.04. The Morgan fingerprint density at radius 1 is 1.16 bits per heavy atom. The summed E-state index contributed by atoms with van der Waals surface area (Å²) in [4.78, 5) is 8.26. The van der Waals surface area contributed by atoms with Crippen LogP contribution in [0.3, 0.4) is 0 Å². The van der Waals surface area contributed by atoms with E-state index >= 15 is 0 Å². The lowest BCUT2D eigenvalue weighted by atomic mass is 10.1. The molecule has 0 aromatic carbocycles. The molecule has 0 saturated heterocycles. The smallest absolute Gasteiger partial charge is 0.155 e. The second kappa shape index (κ2) is 9.36. The van der Waals surface area contributed by atoms with Gasteiger partial charge in [-0.15, -0.1) is 0 Å². The van der Waals surface area contributed by atoms with E-state index in [0.29, 0.717) is 5.82 Å². The predicted molar refractivity (Wildman–Crippen MR) is 78.6 cm³/mol. The van der Waals surface area contributed by atoms with Crippen LogP contribution in [0.4, 0.5) is 0 Å². The number of aromatic nitrogens is 2. The second-order valence-corrected chi connectivity index (χ2v) is 4.79. The highest BCUT2D eigenvalue weighted by molar-refractivity contribution is 5.40. The fourth-order valence-electron chi connectivity index (χ4n) is 2.03. The first kappa shape index (κ1) is 15.5. The highest BCUT2D eigenvalue weighted by Gasteiger charge is 2.04. The zero-order valence-electron chi connectivity index (χ0n) is 11.8. The van der Waals surface area contributed by atoms with E-state index in [1.165, 1.54) is 50.9 Å². The molecule has 1 aromatic heterocycles. The van der Waals surface area contributed by atoms with Gasteiger partial charge in [0.25, 0.3) is 0 Å². The topological polar surface area (TPSA) is 72.0 Å². The lowest BCUT2D eigenvalue weighted by molar-refractivity contribution is 0.457. The Hall–Kier alpha value is -1.58. The van der Waals surface area contributed by atoms with E-state index in [9.17, 15) is 5.11 Å². The normalized spacial score (nSPS) is 11.2. The van der Waals surface area contributed by atoms with Crippen LogP contribution >= 0.6 is 0 Å². The maximum atomic E-state index is 9.70. The van der Waals surface area contributed by atoms with Gasteiger partial charge in [-0.1, -0.05) is 45.4 Å². The first-order valence-corrected chi connectivity index (χ1v) is 7.21. The Morgan fingerprint density at radius 2 is 1.84 bits per heavy atom. The molecule has 0 fully saturated rings. The van der Waals surface area contributed by atoms with E-state index in [2.05, 4.69) is 16.9 Å². The minimum absolute atomic E-state index is 0.181. The van der Waals surface area contributed by atoms with Crippen molar-refractivity contribution in [2.75, 3.05) is 0 Å². The number of aromatic hydroxyl groups is 1. The fraction of sp³-hybridized carbons (Fsp3) is 0.600. The summed E-state index contributed by atoms with van der Waals surface area (Å²) in [5.74, 6) is 0.735. The minimum Gasteiger partial charge on any atom is -0.504 e. The molecule has 0 saturated carbocycles. The van der Waals surface area contributed by atoms with E-state index in [1.54, 1.807) is 6.08 Å². The van der Waals surface area contributed by atoms with Gasteiger partial charge in [0, 0.05) is 0 Å². The van der Waals surface area contributed by atoms with Gasteiger partial charge in [0.05, 0.1) is 11.9 Å². The summed E-state index contributed by atoms with van der Waals surface area (Å²) in [7, 11) is 0. The highest BCUT2D eigenvalue weighted by atomic mass is 16.3. The second-order valence-electron chi connectivity index (χ2n) is 4.79. The van der Waals surface area contributed by atoms with Gasteiger partial charge >= 0.3 is 0 Å². The van der Waals surface area contributed by atoms with Crippen LogP contribution in [-0.2, 0) is 6.42 Å². The zero-order chi connectivity index (χ0) is 13.9. The molecule has 0 bridgehead atoms. The lowest BCUT2D eigenvalue weighted by Crippen LogP contribution is -1.97. The quantitative estimate of drug-likeness (QED) is 0.670. The minimum atomic E-state index is 0.181. The Balaban J connectivity index is 2.30. The van der Waals surface area contributed by atoms with E-state index in [-0.39, 0.29) is 5.75 Å². The van der Waals surface area contributed by atoms with Gasteiger partial charge < -0.3 is 10.8 Å². The molecule has 0 radical (unpaired) electrons. The SMILES string of the molecule is CCCCCCCCCc1nc(C=CN)ncc1O. The average Bonchev–Trinajstić information content (AvgIpc) is 2.41. The molecule has 0 amide bonds. The van der Waals surface area contributed by atoms with Gasteiger partial charge in [-0.2, -0.15) is 0 Å². The number of nitrogens with two attached hydrogens (primary N) is 1. The highest BCUT2D eigenvalue weighted by Crippen LogP contribution is 2.17. The van der Waals surface area contributed by atoms with Crippen molar-refractivity contribution < 1.29 is 5.11 Å². The largest absolute Gasteiger partial charge is 0.504 e. The van der Waals surface area contributed by atoms with Crippen LogP contribution in [0.1, 0.15) is 63.4 Å². The molecule has 0 aliphatic carbocycles. The van der Waals surface area contributed by atoms with Crippen LogP contribution in [0.2, 0.25) is 0 Å². The molecule has 0 unspecified atom stereocenters. The summed E-state index contributed by atoms with van der Waals surface area (Å²) >= 11 is 0. The number of aryl methyl sites for hydroxylation is 1. The molecular weight excluding hydrogens is 238 g/mol. The Labute approximate surface area is 115 Å². The molecule has 19 heavy (non-hydrogen) atoms. The molecule has 0 spiro atoms. The molecule has 4 heteroatoms. The molecule has 0 aliphatic rings. The van der Waals surface area contributed by atoms with E-state index in [1.807, 2.05) is 0 Å². The Morgan fingerprint density at radius 3 is 2.53 bits per heavy atom. The first-order valence-electron chi connectivity index (χ1n) is 7.21. The van der Waals surface area contributed by atoms with Crippen LogP contribution in [0.5, 0.6) is 5.75 Å². The summed E-state index contributed by atoms with van der Waals surface area (Å²) in [6, 6.07) is 0. The molecule has 1 rings (SSSR count). The first-order chi connectivity index (χ1) is 9.27. The Bertz CT molecular complexity index is 391. The number of rotatable bonds is 9. The summed E-state index contributed by atoms with van der Waals surface area (Å²) < 4.78 is 0. The van der Waals surface area contributed by atoms with Crippen molar-refractivity contribution in [3.8, 4) is 5.75 Å². The maximum absolute atomic E-state index is 9.70. The van der Waals surface area contributed by atoms with Gasteiger partial charge in [-0.3, -0.25) is 0 Å². The van der Waals surface area contributed by atoms with Crippen molar-refractivity contribution in [1.29, 1.82) is 0 Å². The molecular formula is C15H25N3O. The molecule has 1 heterocycles. The molecule has 0 aliphatic heterocycles. The third-order valence-corrected chi connectivity index (χ3v) is 3.13. The van der Waals surface area contributed by atoms with Crippen molar-refractivity contribution in [3.05, 3.63) is 23.9 Å². The summed E-state index contributed by atoms with van der Waals surface area (Å²) in [5, 5.41) is 9.70. The van der Waals surface area contributed by atoms with Crippen molar-refractivity contribution in [2.24, 2.45) is 5.73 Å². The number of nitrogens with zero attached hydrogens (tertiary/aromatic N) is 2. The monoisotopic (exact) mass is 263 g/mol. The van der Waals surface area contributed by atoms with Crippen molar-refractivity contribution >= 4 is 6.08 Å². The summed E-state index contributed by atoms with van der Waals surface area (Å²) in [5.41, 5.74) is 6.02. The standard InChI is InChI=1S/C15H25N3O/c1-2-3-4-5-6-7-8-9-13-14(19)12-17-15(18-13)10-11-16/h10-12,19H,2-9,16H2,1H3. The number of hydrogen-bond donors (Lipinski definition) is 2. The summed E-state index contributed by atoms with van der Waals surface area (Å²) in [6.07, 6.45) is 14.1. The molecule has 0 atom stereocenters. The van der Waals surface area contributed by atoms with Gasteiger partial charge in [0.1, 0.15) is 0 Å². The van der Waals surface area contributed by atoms with Crippen LogP contribution in [-0.4, -0.2) is 15.1 Å². The average molecular weight is 263 g/mol. The van der Waals surface area contributed by atoms with Gasteiger partial charge in [-0.25, -0.2) is 9.97 Å². The molecule has 4 nitrogen and oxygen atoms in total. The molecule has 1 aromatic rings. The van der Waals surface area contributed by atoms with Crippen molar-refractivity contribution in [3.63, 3.8) is 0 Å². The van der Waals surface area contributed by atoms with Crippen molar-refractivity contribution in [2.45, 2.75) is 58.3 Å². The predicted octanol–water partition coefficient (Wildman–Crippen LogP) is 3.40. The van der Waals surface area contributed by atoms with Crippen LogP contribution < -0.4 is 5.73 Å². The summed E-state index contributed by atoms with van der Waals surface area (Å²) in [6.45, 7) is 2.23. The Kier molecular flexibility index (Phi) is 7.63. The van der Waals surface area contributed by atoms with Crippen LogP contribution in [0.15, 0.2) is 12.4 Å². The number of unbranched alkanes of at least 4 members (excludes halogenated alkanes) is 6. The van der Waals surface area contributed by atoms with Crippen LogP contribution in [0, 0.1) is 0 Å². The van der Waals surface area contributed by atoms with E-state index in [0.717, 1.165) is 18.5 Å². The van der Waals surface area contributed by atoms with Crippen LogP contribution in [0.25, 0.3) is 6.08 Å². The van der Waals surface area contributed by atoms with Crippen molar-refractivity contribution in [1.82, 2.24) is 9.97 Å². The van der Waals surface area contributed by atoms with E-state index in [4.69, 9.17) is 5.73 Å². The molecule has 3 N–H and O–H groups in total. The molecule has 106 valence electrons. The third kappa shape index (κ3) is 6.22. The van der Waals surface area contributed by atoms with Gasteiger partial charge in [-0.05, 0) is 25.1 Å². The maximum Gasteiger partial charge on any atom is 0.155 e. The van der Waals surface area contributed by atoms with Gasteiger partial charge in [0.2, 0.25) is 0 Å². The third-order valence-electron chi connectivity index (χ3n) is 3.13. The zero-order valence-corrected chi connectivity index (χ0v) is 11.8. The van der Waals surface area contributed by atoms with Gasteiger partial charge in [0.15, 0.2) is 11.6 Å².